The van der Waals surface area contributed by atoms with Crippen molar-refractivity contribution < 1.29 is 4.39 Å². The zero-order chi connectivity index (χ0) is 12.4. The summed E-state index contributed by atoms with van der Waals surface area (Å²) in [6, 6.07) is 5.19. The summed E-state index contributed by atoms with van der Waals surface area (Å²) in [6.07, 6.45) is 0. The molecule has 0 spiro atoms. The third kappa shape index (κ3) is 2.58. The molecule has 3 N–H and O–H groups in total. The Hall–Kier alpha value is -1.55. The molecule has 2 aromatic rings. The third-order valence-electron chi connectivity index (χ3n) is 2.74. The monoisotopic (exact) mass is 250 g/mol. The van der Waals surface area contributed by atoms with Gasteiger partial charge in [-0.15, -0.1) is 11.3 Å². The van der Waals surface area contributed by atoms with Crippen LogP contribution in [0.1, 0.15) is 16.0 Å². The van der Waals surface area contributed by atoms with E-state index in [1.54, 1.807) is 24.3 Å². The second kappa shape index (κ2) is 4.75. The number of anilines is 2. The highest BCUT2D eigenvalue weighted by atomic mass is 32.1. The largest absolute Gasteiger partial charge is 0.397 e. The SMILES string of the molecule is Cc1cc(NCc2sccc2C)c(N)cc1F. The molecule has 1 aromatic carbocycles. The molecule has 4 heteroatoms. The molecule has 0 unspecified atom stereocenters. The first-order valence-corrected chi connectivity index (χ1v) is 6.28. The first-order valence-electron chi connectivity index (χ1n) is 5.40. The van der Waals surface area contributed by atoms with E-state index in [2.05, 4.69) is 23.7 Å². The van der Waals surface area contributed by atoms with Crippen LogP contribution in [0.25, 0.3) is 0 Å². The third-order valence-corrected chi connectivity index (χ3v) is 3.76. The van der Waals surface area contributed by atoms with E-state index < -0.39 is 0 Å². The van der Waals surface area contributed by atoms with Crippen LogP contribution >= 0.6 is 11.3 Å². The lowest BCUT2D eigenvalue weighted by atomic mass is 10.1. The Morgan fingerprint density at radius 3 is 2.71 bits per heavy atom. The minimum Gasteiger partial charge on any atom is -0.397 e. The number of nitrogens with two attached hydrogens (primary N) is 1. The fraction of sp³-hybridized carbons (Fsp3) is 0.231. The van der Waals surface area contributed by atoms with E-state index in [9.17, 15) is 4.39 Å². The van der Waals surface area contributed by atoms with E-state index in [0.717, 1.165) is 12.2 Å². The first-order chi connectivity index (χ1) is 8.08. The molecule has 0 radical (unpaired) electrons. The van der Waals surface area contributed by atoms with Crippen LogP contribution in [0.15, 0.2) is 23.6 Å². The molecule has 1 aromatic heterocycles. The Labute approximate surface area is 104 Å². The lowest BCUT2D eigenvalue weighted by Gasteiger charge is -2.10. The molecule has 0 atom stereocenters. The summed E-state index contributed by atoms with van der Waals surface area (Å²) < 4.78 is 13.2. The number of hydrogen-bond donors (Lipinski definition) is 2. The number of aryl methyl sites for hydroxylation is 2. The van der Waals surface area contributed by atoms with Gasteiger partial charge >= 0.3 is 0 Å². The van der Waals surface area contributed by atoms with E-state index in [1.165, 1.54) is 16.5 Å². The lowest BCUT2D eigenvalue weighted by Crippen LogP contribution is -2.03. The van der Waals surface area contributed by atoms with Crippen LogP contribution in [-0.4, -0.2) is 0 Å². The van der Waals surface area contributed by atoms with Gasteiger partial charge in [-0.1, -0.05) is 0 Å². The quantitative estimate of drug-likeness (QED) is 0.815. The van der Waals surface area contributed by atoms with Gasteiger partial charge in [-0.3, -0.25) is 0 Å². The number of nitrogen functional groups attached to an aromatic ring is 1. The number of hydrogen-bond acceptors (Lipinski definition) is 3. The molecular weight excluding hydrogens is 235 g/mol. The predicted molar refractivity (Wildman–Crippen MR) is 71.9 cm³/mol. The molecule has 2 nitrogen and oxygen atoms in total. The zero-order valence-electron chi connectivity index (χ0n) is 9.88. The summed E-state index contributed by atoms with van der Waals surface area (Å²) in [7, 11) is 0. The van der Waals surface area contributed by atoms with Crippen LogP contribution in [0.4, 0.5) is 15.8 Å². The first kappa shape index (κ1) is 11.9. The van der Waals surface area contributed by atoms with Crippen molar-refractivity contribution in [3.05, 3.63) is 45.4 Å². The molecule has 0 amide bonds. The fourth-order valence-corrected chi connectivity index (χ4v) is 2.46. The Morgan fingerprint density at radius 2 is 2.06 bits per heavy atom. The smallest absolute Gasteiger partial charge is 0.128 e. The fourth-order valence-electron chi connectivity index (χ4n) is 1.61. The normalized spacial score (nSPS) is 10.5. The number of benzene rings is 1. The molecule has 0 bridgehead atoms. The topological polar surface area (TPSA) is 38.0 Å². The summed E-state index contributed by atoms with van der Waals surface area (Å²) in [5.74, 6) is -0.264. The van der Waals surface area contributed by atoms with E-state index in [4.69, 9.17) is 5.73 Å². The number of nitrogens with one attached hydrogen (secondary N) is 1. The molecule has 0 aliphatic carbocycles. The second-order valence-electron chi connectivity index (χ2n) is 4.07. The molecular formula is C13H15FN2S. The minimum absolute atomic E-state index is 0.264. The number of rotatable bonds is 3. The Bertz CT molecular complexity index is 534. The molecule has 0 saturated carbocycles. The maximum absolute atomic E-state index is 13.2. The van der Waals surface area contributed by atoms with Gasteiger partial charge in [0.25, 0.3) is 0 Å². The van der Waals surface area contributed by atoms with Crippen molar-refractivity contribution >= 4 is 22.7 Å². The Balaban J connectivity index is 2.14. The molecule has 2 rings (SSSR count). The summed E-state index contributed by atoms with van der Waals surface area (Å²) in [4.78, 5) is 1.27. The lowest BCUT2D eigenvalue weighted by molar-refractivity contribution is 0.619. The molecule has 0 aliphatic heterocycles. The summed E-state index contributed by atoms with van der Waals surface area (Å²) in [5, 5.41) is 5.30. The summed E-state index contributed by atoms with van der Waals surface area (Å²) in [5.41, 5.74) is 8.87. The Kier molecular flexibility index (Phi) is 3.33. The summed E-state index contributed by atoms with van der Waals surface area (Å²) >= 11 is 1.70. The van der Waals surface area contributed by atoms with Gasteiger partial charge in [0.15, 0.2) is 0 Å². The van der Waals surface area contributed by atoms with Crippen molar-refractivity contribution in [1.82, 2.24) is 0 Å². The zero-order valence-corrected chi connectivity index (χ0v) is 10.7. The van der Waals surface area contributed by atoms with Gasteiger partial charge in [-0.2, -0.15) is 0 Å². The van der Waals surface area contributed by atoms with E-state index in [-0.39, 0.29) is 5.82 Å². The van der Waals surface area contributed by atoms with Crippen molar-refractivity contribution in [3.63, 3.8) is 0 Å². The van der Waals surface area contributed by atoms with Crippen LogP contribution in [0.3, 0.4) is 0 Å². The highest BCUT2D eigenvalue weighted by Crippen LogP contribution is 2.24. The van der Waals surface area contributed by atoms with Crippen molar-refractivity contribution in [3.8, 4) is 0 Å². The van der Waals surface area contributed by atoms with Gasteiger partial charge in [0.2, 0.25) is 0 Å². The van der Waals surface area contributed by atoms with Gasteiger partial charge in [0.1, 0.15) is 5.82 Å². The van der Waals surface area contributed by atoms with Gasteiger partial charge < -0.3 is 11.1 Å². The molecule has 17 heavy (non-hydrogen) atoms. The summed E-state index contributed by atoms with van der Waals surface area (Å²) in [6.45, 7) is 4.53. The molecule has 0 aliphatic rings. The van der Waals surface area contributed by atoms with Crippen LogP contribution in [0, 0.1) is 19.7 Å². The van der Waals surface area contributed by atoms with Crippen molar-refractivity contribution in [2.45, 2.75) is 20.4 Å². The van der Waals surface area contributed by atoms with Crippen LogP contribution in [-0.2, 0) is 6.54 Å². The van der Waals surface area contributed by atoms with Crippen LogP contribution in [0.2, 0.25) is 0 Å². The average Bonchev–Trinajstić information content (AvgIpc) is 2.68. The van der Waals surface area contributed by atoms with E-state index in [0.29, 0.717) is 11.3 Å². The van der Waals surface area contributed by atoms with Crippen LogP contribution < -0.4 is 11.1 Å². The van der Waals surface area contributed by atoms with Crippen molar-refractivity contribution in [2.75, 3.05) is 11.1 Å². The van der Waals surface area contributed by atoms with Gasteiger partial charge in [-0.25, -0.2) is 4.39 Å². The maximum atomic E-state index is 13.2. The van der Waals surface area contributed by atoms with Gasteiger partial charge in [-0.05, 0) is 48.6 Å². The van der Waals surface area contributed by atoms with Gasteiger partial charge in [0.05, 0.1) is 11.4 Å². The van der Waals surface area contributed by atoms with Crippen molar-refractivity contribution in [2.24, 2.45) is 0 Å². The highest BCUT2D eigenvalue weighted by Gasteiger charge is 2.05. The average molecular weight is 250 g/mol. The maximum Gasteiger partial charge on any atom is 0.128 e. The molecule has 0 fully saturated rings. The molecule has 1 heterocycles. The van der Waals surface area contributed by atoms with E-state index >= 15 is 0 Å². The predicted octanol–water partition coefficient (Wildman–Crippen LogP) is 3.70. The second-order valence-corrected chi connectivity index (χ2v) is 5.07. The van der Waals surface area contributed by atoms with E-state index in [1.807, 2.05) is 0 Å². The molecule has 90 valence electrons. The van der Waals surface area contributed by atoms with Crippen LogP contribution in [0.5, 0.6) is 0 Å². The standard InChI is InChI=1S/C13H15FN2S/c1-8-3-4-17-13(8)7-16-12-5-9(2)10(14)6-11(12)15/h3-6,16H,7,15H2,1-2H3. The number of thiophene rings is 1. The van der Waals surface area contributed by atoms with Gasteiger partial charge in [0, 0.05) is 11.4 Å². The number of halogens is 1. The highest BCUT2D eigenvalue weighted by molar-refractivity contribution is 7.10. The molecule has 0 saturated heterocycles. The minimum atomic E-state index is -0.264. The Morgan fingerprint density at radius 1 is 1.29 bits per heavy atom. The van der Waals surface area contributed by atoms with Crippen molar-refractivity contribution in [1.29, 1.82) is 0 Å².